The van der Waals surface area contributed by atoms with Gasteiger partial charge in [0.25, 0.3) is 0 Å². The Balaban J connectivity index is 1.85. The van der Waals surface area contributed by atoms with Crippen LogP contribution in [0, 0.1) is 6.92 Å². The molecule has 0 unspecified atom stereocenters. The molecule has 1 aromatic heterocycles. The fourth-order valence-corrected chi connectivity index (χ4v) is 3.72. The number of aromatic nitrogens is 1. The van der Waals surface area contributed by atoms with Gasteiger partial charge in [-0.3, -0.25) is 9.69 Å². The summed E-state index contributed by atoms with van der Waals surface area (Å²) in [6.45, 7) is 7.42. The van der Waals surface area contributed by atoms with E-state index in [4.69, 9.17) is 17.3 Å². The lowest BCUT2D eigenvalue weighted by atomic mass is 10.1. The van der Waals surface area contributed by atoms with Gasteiger partial charge in [-0.05, 0) is 38.8 Å². The smallest absolute Gasteiger partial charge is 0.237 e. The number of nitrogens with one attached hydrogen (secondary N) is 2. The molecular weight excluding hydrogens is 324 g/mol. The predicted octanol–water partition coefficient (Wildman–Crippen LogP) is 2.56. The fraction of sp³-hybridized carbons (Fsp3) is 0.500. The summed E-state index contributed by atoms with van der Waals surface area (Å²) in [4.78, 5) is 18.1. The number of likely N-dealkylation sites (tertiary alicyclic amines) is 1. The number of para-hydroxylation sites is 1. The summed E-state index contributed by atoms with van der Waals surface area (Å²) in [6.07, 6.45) is 0.693. The van der Waals surface area contributed by atoms with Crippen LogP contribution in [0.4, 0.5) is 0 Å². The molecule has 2 atom stereocenters. The van der Waals surface area contributed by atoms with E-state index >= 15 is 0 Å². The number of benzene rings is 1. The molecule has 24 heavy (non-hydrogen) atoms. The molecule has 1 aliphatic rings. The Hall–Kier alpha value is -1.56. The minimum absolute atomic E-state index is 0.0289. The highest BCUT2D eigenvalue weighted by Gasteiger charge is 2.35. The third-order valence-electron chi connectivity index (χ3n) is 4.68. The minimum atomic E-state index is -0.177. The number of rotatable bonds is 4. The van der Waals surface area contributed by atoms with Crippen LogP contribution in [-0.4, -0.2) is 40.5 Å². The Kier molecular flexibility index (Phi) is 4.85. The lowest BCUT2D eigenvalue weighted by molar-refractivity contribution is -0.126. The van der Waals surface area contributed by atoms with Gasteiger partial charge in [0.05, 0.1) is 16.6 Å². The molecule has 1 aliphatic heterocycles. The van der Waals surface area contributed by atoms with Crippen molar-refractivity contribution < 1.29 is 4.79 Å². The first kappa shape index (κ1) is 17.3. The third kappa shape index (κ3) is 3.29. The number of hydrogen-bond donors (Lipinski definition) is 3. The number of aromatic amines is 1. The maximum absolute atomic E-state index is 12.5. The summed E-state index contributed by atoms with van der Waals surface area (Å²) >= 11 is 6.29. The molecule has 4 N–H and O–H groups in total. The second kappa shape index (κ2) is 6.75. The van der Waals surface area contributed by atoms with Crippen LogP contribution >= 0.6 is 11.6 Å². The van der Waals surface area contributed by atoms with Crippen LogP contribution in [0.3, 0.4) is 0 Å². The largest absolute Gasteiger partial charge is 0.356 e. The van der Waals surface area contributed by atoms with Crippen LogP contribution in [0.15, 0.2) is 18.2 Å². The zero-order valence-corrected chi connectivity index (χ0v) is 15.2. The number of hydrogen-bond acceptors (Lipinski definition) is 3. The van der Waals surface area contributed by atoms with Crippen LogP contribution in [0.1, 0.15) is 31.5 Å². The molecule has 0 bridgehead atoms. The molecule has 6 heteroatoms. The van der Waals surface area contributed by atoms with Gasteiger partial charge in [0.15, 0.2) is 0 Å². The van der Waals surface area contributed by atoms with Crippen molar-refractivity contribution >= 4 is 28.4 Å². The lowest BCUT2D eigenvalue weighted by Gasteiger charge is -2.24. The number of carbonyl (C=O) groups is 1. The van der Waals surface area contributed by atoms with E-state index in [-0.39, 0.29) is 24.0 Å². The van der Waals surface area contributed by atoms with Gasteiger partial charge >= 0.3 is 0 Å². The molecule has 0 aliphatic carbocycles. The van der Waals surface area contributed by atoms with Gasteiger partial charge < -0.3 is 16.0 Å². The molecule has 1 amide bonds. The van der Waals surface area contributed by atoms with Crippen LogP contribution in [0.5, 0.6) is 0 Å². The molecule has 0 radical (unpaired) electrons. The molecule has 0 spiro atoms. The Morgan fingerprint density at radius 2 is 2.25 bits per heavy atom. The number of carbonyl (C=O) groups excluding carboxylic acids is 1. The summed E-state index contributed by atoms with van der Waals surface area (Å²) in [7, 11) is 0. The average Bonchev–Trinajstić information content (AvgIpc) is 3.02. The Morgan fingerprint density at radius 1 is 1.50 bits per heavy atom. The first-order valence-electron chi connectivity index (χ1n) is 8.42. The number of nitrogens with zero attached hydrogens (tertiary/aromatic N) is 1. The summed E-state index contributed by atoms with van der Waals surface area (Å²) in [5.41, 5.74) is 9.35. The van der Waals surface area contributed by atoms with Gasteiger partial charge in [-0.2, -0.15) is 0 Å². The molecule has 1 aromatic carbocycles. The van der Waals surface area contributed by atoms with E-state index in [1.165, 1.54) is 5.56 Å². The van der Waals surface area contributed by atoms with Gasteiger partial charge in [0.1, 0.15) is 0 Å². The van der Waals surface area contributed by atoms with E-state index in [2.05, 4.69) is 28.2 Å². The number of amides is 1. The lowest BCUT2D eigenvalue weighted by Crippen LogP contribution is -2.45. The van der Waals surface area contributed by atoms with E-state index in [1.54, 1.807) is 0 Å². The fourth-order valence-electron chi connectivity index (χ4n) is 3.50. The highest BCUT2D eigenvalue weighted by Crippen LogP contribution is 2.29. The Labute approximate surface area is 147 Å². The van der Waals surface area contributed by atoms with Crippen LogP contribution in [0.25, 0.3) is 10.9 Å². The van der Waals surface area contributed by atoms with Crippen LogP contribution < -0.4 is 11.1 Å². The second-order valence-electron chi connectivity index (χ2n) is 7.00. The SMILES string of the molecule is Cc1c(CN2C[C@@H](N)C[C@H]2C(=O)NC(C)C)[nH]c2c(Cl)cccc12. The van der Waals surface area contributed by atoms with Crippen LogP contribution in [0.2, 0.25) is 5.02 Å². The molecule has 3 rings (SSSR count). The van der Waals surface area contributed by atoms with Crippen molar-refractivity contribution in [1.82, 2.24) is 15.2 Å². The second-order valence-corrected chi connectivity index (χ2v) is 7.40. The highest BCUT2D eigenvalue weighted by atomic mass is 35.5. The van der Waals surface area contributed by atoms with Gasteiger partial charge in [-0.15, -0.1) is 0 Å². The number of fused-ring (bicyclic) bond motifs is 1. The molecule has 1 fully saturated rings. The maximum atomic E-state index is 12.5. The number of halogens is 1. The van der Waals surface area contributed by atoms with Gasteiger partial charge in [0.2, 0.25) is 5.91 Å². The van der Waals surface area contributed by atoms with Gasteiger partial charge in [-0.25, -0.2) is 0 Å². The van der Waals surface area contributed by atoms with E-state index < -0.39 is 0 Å². The van der Waals surface area contributed by atoms with E-state index in [1.807, 2.05) is 26.0 Å². The maximum Gasteiger partial charge on any atom is 0.237 e. The number of aryl methyl sites for hydroxylation is 1. The summed E-state index contributed by atoms with van der Waals surface area (Å²) in [5, 5.41) is 4.85. The van der Waals surface area contributed by atoms with Crippen molar-refractivity contribution in [2.75, 3.05) is 6.54 Å². The van der Waals surface area contributed by atoms with Crippen molar-refractivity contribution in [3.63, 3.8) is 0 Å². The topological polar surface area (TPSA) is 74.2 Å². The highest BCUT2D eigenvalue weighted by molar-refractivity contribution is 6.35. The van der Waals surface area contributed by atoms with Crippen molar-refractivity contribution in [2.45, 2.75) is 51.9 Å². The van der Waals surface area contributed by atoms with Crippen molar-refractivity contribution in [3.8, 4) is 0 Å². The zero-order valence-electron chi connectivity index (χ0n) is 14.4. The zero-order chi connectivity index (χ0) is 17.4. The molecule has 1 saturated heterocycles. The van der Waals surface area contributed by atoms with E-state index in [9.17, 15) is 4.79 Å². The monoisotopic (exact) mass is 348 g/mol. The Bertz CT molecular complexity index is 755. The standard InChI is InChI=1S/C18H25ClN4O/c1-10(2)21-18(24)16-7-12(20)8-23(16)9-15-11(3)13-5-4-6-14(19)17(13)22-15/h4-6,10,12,16,22H,7-9,20H2,1-3H3,(H,21,24)/t12-,16-/m0/s1. The third-order valence-corrected chi connectivity index (χ3v) is 4.99. The predicted molar refractivity (Wildman–Crippen MR) is 98.1 cm³/mol. The molecule has 130 valence electrons. The van der Waals surface area contributed by atoms with E-state index in [0.29, 0.717) is 18.0 Å². The van der Waals surface area contributed by atoms with Crippen molar-refractivity contribution in [2.24, 2.45) is 5.73 Å². The Morgan fingerprint density at radius 3 is 2.92 bits per heavy atom. The molecular formula is C18H25ClN4O. The average molecular weight is 349 g/mol. The quantitative estimate of drug-likeness (QED) is 0.795. The van der Waals surface area contributed by atoms with E-state index in [0.717, 1.165) is 23.1 Å². The number of nitrogens with two attached hydrogens (primary N) is 1. The van der Waals surface area contributed by atoms with Gasteiger partial charge in [0, 0.05) is 36.3 Å². The molecule has 2 heterocycles. The first-order valence-corrected chi connectivity index (χ1v) is 8.80. The normalized spacial score (nSPS) is 21.8. The molecule has 2 aromatic rings. The van der Waals surface area contributed by atoms with Crippen LogP contribution in [-0.2, 0) is 11.3 Å². The summed E-state index contributed by atoms with van der Waals surface area (Å²) in [6, 6.07) is 5.89. The summed E-state index contributed by atoms with van der Waals surface area (Å²) in [5.74, 6) is 0.0600. The first-order chi connectivity index (χ1) is 11.4. The molecule has 5 nitrogen and oxygen atoms in total. The number of H-pyrrole nitrogens is 1. The summed E-state index contributed by atoms with van der Waals surface area (Å²) < 4.78 is 0. The molecule has 0 saturated carbocycles. The van der Waals surface area contributed by atoms with Crippen molar-refractivity contribution in [1.29, 1.82) is 0 Å². The van der Waals surface area contributed by atoms with Crippen molar-refractivity contribution in [3.05, 3.63) is 34.5 Å². The van der Waals surface area contributed by atoms with Gasteiger partial charge in [-0.1, -0.05) is 23.7 Å². The minimum Gasteiger partial charge on any atom is -0.356 e.